The van der Waals surface area contributed by atoms with E-state index in [2.05, 4.69) is 25.7 Å². The number of aliphatic imine (C=N–C) groups is 1. The number of rotatable bonds is 9. The van der Waals surface area contributed by atoms with Crippen LogP contribution in [0.25, 0.3) is 0 Å². The van der Waals surface area contributed by atoms with Crippen LogP contribution in [0.5, 0.6) is 11.5 Å². The summed E-state index contributed by atoms with van der Waals surface area (Å²) in [7, 11) is 3.01. The standard InChI is InChI=1S/C20H23F3N4O3.HI/c1-24-20(26-10-9-25-18(28)15-5-3-4-6-16(15)21)27-12-13-11-14(29-2)7-8-17(13)30-19(22)23;/h3-8,11,19H,9-10,12H2,1-2H3,(H,25,28)(H2,24,26,27);1H. The van der Waals surface area contributed by atoms with Gasteiger partial charge in [0.15, 0.2) is 5.96 Å². The number of guanidine groups is 1. The first-order valence-corrected chi connectivity index (χ1v) is 9.03. The van der Waals surface area contributed by atoms with Crippen LogP contribution in [0, 0.1) is 5.82 Å². The molecule has 0 saturated heterocycles. The van der Waals surface area contributed by atoms with Crippen LogP contribution in [0.4, 0.5) is 13.2 Å². The number of carbonyl (C=O) groups is 1. The minimum absolute atomic E-state index is 0. The minimum atomic E-state index is -2.95. The van der Waals surface area contributed by atoms with Gasteiger partial charge in [0.05, 0.1) is 12.7 Å². The van der Waals surface area contributed by atoms with E-state index in [1.54, 1.807) is 12.1 Å². The highest BCUT2D eigenvalue weighted by Gasteiger charge is 2.12. The number of hydrogen-bond donors (Lipinski definition) is 3. The van der Waals surface area contributed by atoms with E-state index in [-0.39, 0.29) is 48.4 Å². The van der Waals surface area contributed by atoms with Crippen molar-refractivity contribution in [2.75, 3.05) is 27.2 Å². The van der Waals surface area contributed by atoms with Crippen LogP contribution in [0.2, 0.25) is 0 Å². The normalized spacial score (nSPS) is 10.8. The number of amides is 1. The SMILES string of the molecule is CN=C(NCCNC(=O)c1ccccc1F)NCc1cc(OC)ccc1OC(F)F.I. The Bertz CT molecular complexity index is 884. The molecular weight excluding hydrogens is 528 g/mol. The van der Waals surface area contributed by atoms with Crippen molar-refractivity contribution in [1.29, 1.82) is 0 Å². The van der Waals surface area contributed by atoms with E-state index < -0.39 is 18.3 Å². The number of alkyl halides is 2. The molecule has 3 N–H and O–H groups in total. The summed E-state index contributed by atoms with van der Waals surface area (Å²) in [5.41, 5.74) is 0.412. The van der Waals surface area contributed by atoms with Gasteiger partial charge in [-0.25, -0.2) is 4.39 Å². The van der Waals surface area contributed by atoms with Crippen molar-refractivity contribution in [3.63, 3.8) is 0 Å². The second-order valence-corrected chi connectivity index (χ2v) is 5.94. The summed E-state index contributed by atoms with van der Waals surface area (Å²) >= 11 is 0. The van der Waals surface area contributed by atoms with Crippen LogP contribution in [0.1, 0.15) is 15.9 Å². The molecule has 1 amide bonds. The third kappa shape index (κ3) is 8.52. The van der Waals surface area contributed by atoms with Gasteiger partial charge in [-0.1, -0.05) is 12.1 Å². The van der Waals surface area contributed by atoms with Gasteiger partial charge >= 0.3 is 6.61 Å². The Morgan fingerprint density at radius 1 is 1.10 bits per heavy atom. The van der Waals surface area contributed by atoms with E-state index in [1.165, 1.54) is 44.5 Å². The fourth-order valence-corrected chi connectivity index (χ4v) is 2.53. The molecule has 0 unspecified atom stereocenters. The van der Waals surface area contributed by atoms with Crippen LogP contribution in [-0.2, 0) is 6.54 Å². The van der Waals surface area contributed by atoms with Crippen molar-refractivity contribution < 1.29 is 27.4 Å². The van der Waals surface area contributed by atoms with E-state index in [0.717, 1.165) is 0 Å². The van der Waals surface area contributed by atoms with Crippen molar-refractivity contribution in [2.45, 2.75) is 13.2 Å². The molecule has 0 aliphatic carbocycles. The van der Waals surface area contributed by atoms with Gasteiger partial charge in [0, 0.05) is 32.2 Å². The van der Waals surface area contributed by atoms with Crippen molar-refractivity contribution in [3.05, 3.63) is 59.4 Å². The molecule has 0 aromatic heterocycles. The van der Waals surface area contributed by atoms with E-state index >= 15 is 0 Å². The van der Waals surface area contributed by atoms with Crippen molar-refractivity contribution in [2.24, 2.45) is 4.99 Å². The Morgan fingerprint density at radius 2 is 1.81 bits per heavy atom. The van der Waals surface area contributed by atoms with Crippen molar-refractivity contribution in [1.82, 2.24) is 16.0 Å². The summed E-state index contributed by atoms with van der Waals surface area (Å²) in [6.07, 6.45) is 0. The molecule has 11 heteroatoms. The van der Waals surface area contributed by atoms with Gasteiger partial charge in [-0.3, -0.25) is 9.79 Å². The zero-order valence-electron chi connectivity index (χ0n) is 17.0. The molecule has 2 rings (SSSR count). The van der Waals surface area contributed by atoms with E-state index in [0.29, 0.717) is 23.8 Å². The Kier molecular flexibility index (Phi) is 11.5. The maximum absolute atomic E-state index is 13.6. The average molecular weight is 552 g/mol. The van der Waals surface area contributed by atoms with Crippen LogP contribution >= 0.6 is 24.0 Å². The third-order valence-electron chi connectivity index (χ3n) is 3.98. The highest BCUT2D eigenvalue weighted by atomic mass is 127. The van der Waals surface area contributed by atoms with Gasteiger partial charge in [0.1, 0.15) is 17.3 Å². The number of ether oxygens (including phenoxy) is 2. The monoisotopic (exact) mass is 552 g/mol. The number of hydrogen-bond acceptors (Lipinski definition) is 4. The van der Waals surface area contributed by atoms with E-state index in [1.807, 2.05) is 0 Å². The second-order valence-electron chi connectivity index (χ2n) is 5.94. The summed E-state index contributed by atoms with van der Waals surface area (Å²) in [6, 6.07) is 10.2. The summed E-state index contributed by atoms with van der Waals surface area (Å²) in [5, 5.41) is 8.52. The Morgan fingerprint density at radius 3 is 2.45 bits per heavy atom. The predicted octanol–water partition coefficient (Wildman–Crippen LogP) is 3.15. The van der Waals surface area contributed by atoms with E-state index in [9.17, 15) is 18.0 Å². The van der Waals surface area contributed by atoms with Crippen LogP contribution < -0.4 is 25.4 Å². The average Bonchev–Trinajstić information content (AvgIpc) is 2.73. The number of methoxy groups -OCH3 is 1. The highest BCUT2D eigenvalue weighted by molar-refractivity contribution is 14.0. The molecule has 0 fully saturated rings. The van der Waals surface area contributed by atoms with Crippen molar-refractivity contribution in [3.8, 4) is 11.5 Å². The van der Waals surface area contributed by atoms with Crippen LogP contribution in [0.15, 0.2) is 47.5 Å². The third-order valence-corrected chi connectivity index (χ3v) is 3.98. The van der Waals surface area contributed by atoms with Crippen LogP contribution in [-0.4, -0.2) is 45.7 Å². The topological polar surface area (TPSA) is 84.0 Å². The fourth-order valence-electron chi connectivity index (χ4n) is 2.53. The fraction of sp³-hybridized carbons (Fsp3) is 0.300. The van der Waals surface area contributed by atoms with Gasteiger partial charge in [-0.05, 0) is 30.3 Å². The number of carbonyl (C=O) groups excluding carboxylic acids is 1. The number of nitrogens with one attached hydrogen (secondary N) is 3. The van der Waals surface area contributed by atoms with Crippen LogP contribution in [0.3, 0.4) is 0 Å². The predicted molar refractivity (Wildman–Crippen MR) is 122 cm³/mol. The van der Waals surface area contributed by atoms with Crippen molar-refractivity contribution >= 4 is 35.8 Å². The molecule has 0 aliphatic rings. The first kappa shape index (κ1) is 26.3. The lowest BCUT2D eigenvalue weighted by Gasteiger charge is -2.15. The maximum atomic E-state index is 13.6. The first-order valence-electron chi connectivity index (χ1n) is 9.03. The number of benzene rings is 2. The molecule has 0 spiro atoms. The first-order chi connectivity index (χ1) is 14.4. The summed E-state index contributed by atoms with van der Waals surface area (Å²) in [6.45, 7) is -2.29. The lowest BCUT2D eigenvalue weighted by molar-refractivity contribution is -0.0505. The Balaban J connectivity index is 0.00000480. The molecule has 31 heavy (non-hydrogen) atoms. The lowest BCUT2D eigenvalue weighted by atomic mass is 10.2. The quantitative estimate of drug-likeness (QED) is 0.193. The summed E-state index contributed by atoms with van der Waals surface area (Å²) in [4.78, 5) is 16.0. The van der Waals surface area contributed by atoms with E-state index in [4.69, 9.17) is 4.74 Å². The summed E-state index contributed by atoms with van der Waals surface area (Å²) in [5.74, 6) is -0.234. The molecule has 2 aromatic carbocycles. The summed E-state index contributed by atoms with van der Waals surface area (Å²) < 4.78 is 48.4. The molecule has 170 valence electrons. The van der Waals surface area contributed by atoms with Gasteiger partial charge in [0.2, 0.25) is 0 Å². The van der Waals surface area contributed by atoms with Gasteiger partial charge in [-0.2, -0.15) is 8.78 Å². The molecule has 0 bridgehead atoms. The second kappa shape index (κ2) is 13.6. The zero-order valence-corrected chi connectivity index (χ0v) is 19.3. The molecular formula is C20H24F3IN4O3. The lowest BCUT2D eigenvalue weighted by Crippen LogP contribution is -2.41. The number of nitrogens with zero attached hydrogens (tertiary/aromatic N) is 1. The Hall–Kier alpha value is -2.70. The highest BCUT2D eigenvalue weighted by Crippen LogP contribution is 2.25. The zero-order chi connectivity index (χ0) is 21.9. The molecule has 0 aliphatic heterocycles. The maximum Gasteiger partial charge on any atom is 0.387 e. The van der Waals surface area contributed by atoms with Gasteiger partial charge in [-0.15, -0.1) is 24.0 Å². The molecule has 7 nitrogen and oxygen atoms in total. The van der Waals surface area contributed by atoms with Gasteiger partial charge < -0.3 is 25.4 Å². The molecule has 0 radical (unpaired) electrons. The molecule has 2 aromatic rings. The number of halogens is 4. The molecule has 0 saturated carbocycles. The van der Waals surface area contributed by atoms with Gasteiger partial charge in [0.25, 0.3) is 5.91 Å². The minimum Gasteiger partial charge on any atom is -0.497 e. The largest absolute Gasteiger partial charge is 0.497 e. The Labute approximate surface area is 195 Å². The molecule has 0 heterocycles. The molecule has 0 atom stereocenters. The smallest absolute Gasteiger partial charge is 0.387 e.